The summed E-state index contributed by atoms with van der Waals surface area (Å²) in [6.07, 6.45) is 0.451. The van der Waals surface area contributed by atoms with Gasteiger partial charge in [-0.3, -0.25) is 0 Å². The second kappa shape index (κ2) is 7.35. The van der Waals surface area contributed by atoms with Gasteiger partial charge in [0.05, 0.1) is 32.9 Å². The van der Waals surface area contributed by atoms with Gasteiger partial charge in [-0.1, -0.05) is 13.8 Å². The van der Waals surface area contributed by atoms with Crippen molar-refractivity contribution < 1.29 is 24.1 Å². The number of nitrogens with zero attached hydrogens (tertiary/aromatic N) is 1. The highest BCUT2D eigenvalue weighted by Crippen LogP contribution is 2.44. The van der Waals surface area contributed by atoms with Crippen LogP contribution in [0, 0.1) is 5.92 Å². The minimum absolute atomic E-state index is 0.137. The van der Waals surface area contributed by atoms with Crippen molar-refractivity contribution in [2.24, 2.45) is 5.92 Å². The van der Waals surface area contributed by atoms with Crippen molar-refractivity contribution in [2.75, 3.05) is 27.3 Å². The fraction of sp³-hybridized carbons (Fsp3) is 0.650. The van der Waals surface area contributed by atoms with E-state index in [1.54, 1.807) is 14.2 Å². The molecule has 1 aromatic rings. The van der Waals surface area contributed by atoms with Gasteiger partial charge in [-0.05, 0) is 50.8 Å². The maximum Gasteiger partial charge on any atom is 0.410 e. The fourth-order valence-electron chi connectivity index (χ4n) is 3.21. The summed E-state index contributed by atoms with van der Waals surface area (Å²) in [6, 6.07) is 3.87. The summed E-state index contributed by atoms with van der Waals surface area (Å²) in [5, 5.41) is 11.1. The second-order valence-corrected chi connectivity index (χ2v) is 8.34. The molecule has 26 heavy (non-hydrogen) atoms. The molecule has 0 aromatic heterocycles. The molecular formula is C20H31NO5. The van der Waals surface area contributed by atoms with E-state index in [0.29, 0.717) is 23.0 Å². The number of hydrogen-bond acceptors (Lipinski definition) is 5. The molecule has 1 N–H and O–H groups in total. The van der Waals surface area contributed by atoms with Crippen molar-refractivity contribution in [3.63, 3.8) is 0 Å². The zero-order chi connectivity index (χ0) is 19.7. The van der Waals surface area contributed by atoms with Crippen LogP contribution < -0.4 is 9.47 Å². The fourth-order valence-corrected chi connectivity index (χ4v) is 3.21. The predicted molar refractivity (Wildman–Crippen MR) is 99.8 cm³/mol. The molecule has 1 aliphatic rings. The first-order chi connectivity index (χ1) is 12.0. The van der Waals surface area contributed by atoms with Gasteiger partial charge < -0.3 is 24.2 Å². The van der Waals surface area contributed by atoms with Gasteiger partial charge in [0.1, 0.15) is 22.7 Å². The molecule has 1 aromatic carbocycles. The highest BCUT2D eigenvalue weighted by Gasteiger charge is 2.49. The van der Waals surface area contributed by atoms with Crippen LogP contribution in [-0.2, 0) is 16.8 Å². The Kier molecular flexibility index (Phi) is 5.76. The first-order valence-corrected chi connectivity index (χ1v) is 8.95. The molecule has 0 aliphatic carbocycles. The number of β-amino-alcohol motifs (C(OH)–C–C–N with tert-alkyl or cyclic N) is 1. The monoisotopic (exact) mass is 365 g/mol. The number of rotatable bonds is 5. The number of ether oxygens (including phenoxy) is 3. The van der Waals surface area contributed by atoms with Crippen molar-refractivity contribution in [1.29, 1.82) is 0 Å². The number of aliphatic hydroxyl groups is 1. The molecule has 146 valence electrons. The molecule has 1 amide bonds. The number of carbonyl (C=O) groups excluding carboxylic acids is 1. The van der Waals surface area contributed by atoms with Crippen LogP contribution in [0.5, 0.6) is 11.5 Å². The van der Waals surface area contributed by atoms with E-state index in [0.717, 1.165) is 12.0 Å². The lowest BCUT2D eigenvalue weighted by Crippen LogP contribution is -2.62. The Balaban J connectivity index is 2.26. The minimum Gasteiger partial charge on any atom is -0.496 e. The van der Waals surface area contributed by atoms with E-state index in [1.807, 2.05) is 32.9 Å². The Bertz CT molecular complexity index is 632. The van der Waals surface area contributed by atoms with Gasteiger partial charge in [-0.15, -0.1) is 0 Å². The standard InChI is InChI=1S/C20H31NO5/c1-13(2)8-14-9-15(24-6)17(16(10-14)25-7)20(23)11-21(12-20)18(22)26-19(3,4)5/h9-10,13,23H,8,11-12H2,1-7H3. The average Bonchev–Trinajstić information content (AvgIpc) is 2.48. The number of benzene rings is 1. The lowest BCUT2D eigenvalue weighted by molar-refractivity contribution is -0.105. The first-order valence-electron chi connectivity index (χ1n) is 8.95. The summed E-state index contributed by atoms with van der Waals surface area (Å²) in [7, 11) is 3.15. The maximum absolute atomic E-state index is 12.2. The Labute approximate surface area is 156 Å². The Hall–Kier alpha value is -1.95. The largest absolute Gasteiger partial charge is 0.496 e. The average molecular weight is 365 g/mol. The Morgan fingerprint density at radius 2 is 1.69 bits per heavy atom. The van der Waals surface area contributed by atoms with E-state index in [-0.39, 0.29) is 13.1 Å². The number of hydrogen-bond donors (Lipinski definition) is 1. The lowest BCUT2D eigenvalue weighted by atomic mass is 9.84. The lowest BCUT2D eigenvalue weighted by Gasteiger charge is -2.47. The van der Waals surface area contributed by atoms with E-state index >= 15 is 0 Å². The topological polar surface area (TPSA) is 68.2 Å². The van der Waals surface area contributed by atoms with Crippen LogP contribution in [0.2, 0.25) is 0 Å². The Morgan fingerprint density at radius 1 is 1.19 bits per heavy atom. The molecule has 0 bridgehead atoms. The molecule has 0 atom stereocenters. The highest BCUT2D eigenvalue weighted by molar-refractivity contribution is 5.70. The number of methoxy groups -OCH3 is 2. The Morgan fingerprint density at radius 3 is 2.08 bits per heavy atom. The number of likely N-dealkylation sites (tertiary alicyclic amines) is 1. The van der Waals surface area contributed by atoms with Crippen LogP contribution >= 0.6 is 0 Å². The van der Waals surface area contributed by atoms with E-state index < -0.39 is 17.3 Å². The molecule has 0 unspecified atom stereocenters. The number of amides is 1. The van der Waals surface area contributed by atoms with Gasteiger partial charge in [0.2, 0.25) is 0 Å². The van der Waals surface area contributed by atoms with Gasteiger partial charge >= 0.3 is 6.09 Å². The third kappa shape index (κ3) is 4.41. The summed E-state index contributed by atoms with van der Waals surface area (Å²) in [5.74, 6) is 1.64. The smallest absolute Gasteiger partial charge is 0.410 e. The SMILES string of the molecule is COc1cc(CC(C)C)cc(OC)c1C1(O)CN(C(=O)OC(C)(C)C)C1. The van der Waals surface area contributed by atoms with E-state index in [2.05, 4.69) is 13.8 Å². The predicted octanol–water partition coefficient (Wildman–Crippen LogP) is 3.34. The second-order valence-electron chi connectivity index (χ2n) is 8.34. The van der Waals surface area contributed by atoms with E-state index in [1.165, 1.54) is 4.90 Å². The van der Waals surface area contributed by atoms with Gasteiger partial charge in [0, 0.05) is 0 Å². The number of carbonyl (C=O) groups is 1. The maximum atomic E-state index is 12.2. The molecule has 1 fully saturated rings. The van der Waals surface area contributed by atoms with Gasteiger partial charge in [-0.25, -0.2) is 4.79 Å². The van der Waals surface area contributed by atoms with E-state index in [4.69, 9.17) is 14.2 Å². The molecule has 6 heteroatoms. The van der Waals surface area contributed by atoms with Crippen molar-refractivity contribution in [3.05, 3.63) is 23.3 Å². The van der Waals surface area contributed by atoms with Crippen molar-refractivity contribution in [2.45, 2.75) is 52.2 Å². The van der Waals surface area contributed by atoms with Crippen molar-refractivity contribution >= 4 is 6.09 Å². The van der Waals surface area contributed by atoms with Crippen LogP contribution in [0.15, 0.2) is 12.1 Å². The zero-order valence-corrected chi connectivity index (χ0v) is 16.9. The molecule has 6 nitrogen and oxygen atoms in total. The van der Waals surface area contributed by atoms with Crippen molar-refractivity contribution in [1.82, 2.24) is 4.90 Å². The van der Waals surface area contributed by atoms with Gasteiger partial charge in [-0.2, -0.15) is 0 Å². The normalized spacial score (nSPS) is 16.3. The van der Waals surface area contributed by atoms with Crippen LogP contribution in [0.1, 0.15) is 45.7 Å². The summed E-state index contributed by atoms with van der Waals surface area (Å²) in [4.78, 5) is 13.7. The van der Waals surface area contributed by atoms with Gasteiger partial charge in [0.15, 0.2) is 0 Å². The molecule has 0 spiro atoms. The van der Waals surface area contributed by atoms with Crippen molar-refractivity contribution in [3.8, 4) is 11.5 Å². The molecule has 0 saturated carbocycles. The summed E-state index contributed by atoms with van der Waals surface area (Å²) >= 11 is 0. The third-order valence-electron chi connectivity index (χ3n) is 4.23. The van der Waals surface area contributed by atoms with E-state index in [9.17, 15) is 9.90 Å². The zero-order valence-electron chi connectivity index (χ0n) is 16.9. The highest BCUT2D eigenvalue weighted by atomic mass is 16.6. The summed E-state index contributed by atoms with van der Waals surface area (Å²) < 4.78 is 16.4. The van der Waals surface area contributed by atoms with Gasteiger partial charge in [0.25, 0.3) is 0 Å². The van der Waals surface area contributed by atoms with Crippen LogP contribution in [0.3, 0.4) is 0 Å². The molecule has 2 rings (SSSR count). The molecule has 1 aliphatic heterocycles. The van der Waals surface area contributed by atoms with Crippen LogP contribution in [0.25, 0.3) is 0 Å². The summed E-state index contributed by atoms with van der Waals surface area (Å²) in [6.45, 7) is 10.0. The quantitative estimate of drug-likeness (QED) is 0.867. The molecule has 1 heterocycles. The minimum atomic E-state index is -1.22. The molecular weight excluding hydrogens is 334 g/mol. The van der Waals surface area contributed by atoms with Crippen LogP contribution in [0.4, 0.5) is 4.79 Å². The molecule has 1 saturated heterocycles. The third-order valence-corrected chi connectivity index (χ3v) is 4.23. The molecule has 0 radical (unpaired) electrons. The summed E-state index contributed by atoms with van der Waals surface area (Å²) in [5.41, 5.74) is -0.123. The first kappa shape index (κ1) is 20.4. The van der Waals surface area contributed by atoms with Crippen LogP contribution in [-0.4, -0.2) is 49.0 Å².